The smallest absolute Gasteiger partial charge is 0.119 e. The number of benzene rings is 1. The summed E-state index contributed by atoms with van der Waals surface area (Å²) in [4.78, 5) is 0. The van der Waals surface area contributed by atoms with Gasteiger partial charge in [-0.25, -0.2) is 0 Å². The maximum Gasteiger partial charge on any atom is 0.119 e. The molecule has 0 spiro atoms. The van der Waals surface area contributed by atoms with E-state index >= 15 is 0 Å². The lowest BCUT2D eigenvalue weighted by Crippen LogP contribution is -2.14. The molecular weight excluding hydrogens is 222 g/mol. The molecule has 0 aliphatic heterocycles. The van der Waals surface area contributed by atoms with Crippen LogP contribution in [0.5, 0.6) is 5.75 Å². The molecule has 1 aromatic rings. The van der Waals surface area contributed by atoms with E-state index in [0.717, 1.165) is 31.9 Å². The third-order valence-electron chi connectivity index (χ3n) is 3.33. The normalized spacial score (nSPS) is 12.4. The monoisotopic (exact) mass is 249 g/mol. The molecule has 1 aromatic carbocycles. The van der Waals surface area contributed by atoms with E-state index in [1.54, 1.807) is 0 Å². The lowest BCUT2D eigenvalue weighted by molar-refractivity contribution is 0.306. The van der Waals surface area contributed by atoms with Crippen molar-refractivity contribution < 1.29 is 4.74 Å². The summed E-state index contributed by atoms with van der Waals surface area (Å²) in [7, 11) is 0. The van der Waals surface area contributed by atoms with E-state index in [9.17, 15) is 0 Å². The number of hydrogen-bond acceptors (Lipinski definition) is 2. The minimum absolute atomic E-state index is 0.638. The summed E-state index contributed by atoms with van der Waals surface area (Å²) in [6, 6.07) is 8.54. The Morgan fingerprint density at radius 3 is 2.44 bits per heavy atom. The van der Waals surface area contributed by atoms with Crippen LogP contribution in [0.1, 0.15) is 51.5 Å². The fraction of sp³-hybridized carbons (Fsp3) is 0.625. The molecule has 2 nitrogen and oxygen atoms in total. The predicted molar refractivity (Wildman–Crippen MR) is 78.4 cm³/mol. The molecule has 0 bridgehead atoms. The summed E-state index contributed by atoms with van der Waals surface area (Å²) in [6.07, 6.45) is 3.48. The van der Waals surface area contributed by atoms with E-state index in [1.165, 1.54) is 18.4 Å². The molecule has 1 atom stereocenters. The Balaban J connectivity index is 2.22. The first-order chi connectivity index (χ1) is 8.77. The fourth-order valence-electron chi connectivity index (χ4n) is 1.85. The van der Waals surface area contributed by atoms with E-state index < -0.39 is 0 Å². The molecule has 0 radical (unpaired) electrons. The maximum atomic E-state index is 5.73. The highest BCUT2D eigenvalue weighted by atomic mass is 16.5. The molecule has 1 rings (SSSR count). The highest BCUT2D eigenvalue weighted by Crippen LogP contribution is 2.21. The van der Waals surface area contributed by atoms with Crippen LogP contribution in [0, 0.1) is 0 Å². The first-order valence-corrected chi connectivity index (χ1v) is 7.21. The van der Waals surface area contributed by atoms with Crippen LogP contribution in [-0.4, -0.2) is 19.7 Å². The summed E-state index contributed by atoms with van der Waals surface area (Å²) in [6.45, 7) is 9.57. The fourth-order valence-corrected chi connectivity index (χ4v) is 1.85. The van der Waals surface area contributed by atoms with Gasteiger partial charge in [0.1, 0.15) is 5.75 Å². The van der Waals surface area contributed by atoms with E-state index in [0.29, 0.717) is 5.92 Å². The molecule has 0 heterocycles. The molecule has 0 saturated heterocycles. The average Bonchev–Trinajstić information content (AvgIpc) is 2.42. The van der Waals surface area contributed by atoms with Gasteiger partial charge in [0.2, 0.25) is 0 Å². The number of nitrogens with one attached hydrogen (secondary N) is 1. The molecule has 1 N–H and O–H groups in total. The quantitative estimate of drug-likeness (QED) is 0.669. The first kappa shape index (κ1) is 15.0. The van der Waals surface area contributed by atoms with Crippen LogP contribution >= 0.6 is 0 Å². The Labute approximate surface area is 112 Å². The molecule has 0 fully saturated rings. The zero-order valence-corrected chi connectivity index (χ0v) is 12.0. The summed E-state index contributed by atoms with van der Waals surface area (Å²) in [5.41, 5.74) is 1.40. The van der Waals surface area contributed by atoms with Gasteiger partial charge in [-0.3, -0.25) is 0 Å². The van der Waals surface area contributed by atoms with Crippen molar-refractivity contribution in [2.75, 3.05) is 19.7 Å². The van der Waals surface area contributed by atoms with Crippen molar-refractivity contribution in [1.82, 2.24) is 5.32 Å². The van der Waals surface area contributed by atoms with Crippen LogP contribution < -0.4 is 10.1 Å². The molecule has 0 aromatic heterocycles. The predicted octanol–water partition coefficient (Wildman–Crippen LogP) is 3.97. The molecule has 0 aliphatic rings. The van der Waals surface area contributed by atoms with Gasteiger partial charge in [0.05, 0.1) is 6.61 Å². The van der Waals surface area contributed by atoms with Crippen molar-refractivity contribution in [3.05, 3.63) is 29.8 Å². The molecular formula is C16H27NO. The molecule has 102 valence electrons. The SMILES string of the molecule is CCNCCCCOc1ccc(C(C)CC)cc1. The van der Waals surface area contributed by atoms with Gasteiger partial charge < -0.3 is 10.1 Å². The molecule has 0 aliphatic carbocycles. The zero-order valence-electron chi connectivity index (χ0n) is 12.0. The number of rotatable bonds is 9. The Hall–Kier alpha value is -1.02. The summed E-state index contributed by atoms with van der Waals surface area (Å²) < 4.78 is 5.73. The zero-order chi connectivity index (χ0) is 13.2. The lowest BCUT2D eigenvalue weighted by atomic mass is 9.99. The van der Waals surface area contributed by atoms with E-state index in [-0.39, 0.29) is 0 Å². The molecule has 2 heteroatoms. The Bertz CT molecular complexity index is 307. The van der Waals surface area contributed by atoms with E-state index in [1.807, 2.05) is 0 Å². The molecule has 0 saturated carbocycles. The van der Waals surface area contributed by atoms with Crippen LogP contribution in [0.15, 0.2) is 24.3 Å². The maximum absolute atomic E-state index is 5.73. The van der Waals surface area contributed by atoms with Gasteiger partial charge in [0.25, 0.3) is 0 Å². The second kappa shape index (κ2) is 8.98. The first-order valence-electron chi connectivity index (χ1n) is 7.21. The summed E-state index contributed by atoms with van der Waals surface area (Å²) >= 11 is 0. The third-order valence-corrected chi connectivity index (χ3v) is 3.33. The topological polar surface area (TPSA) is 21.3 Å². The van der Waals surface area contributed by atoms with Crippen molar-refractivity contribution in [2.45, 2.75) is 46.0 Å². The van der Waals surface area contributed by atoms with E-state index in [4.69, 9.17) is 4.74 Å². The lowest BCUT2D eigenvalue weighted by Gasteiger charge is -2.10. The molecule has 1 unspecified atom stereocenters. The average molecular weight is 249 g/mol. The third kappa shape index (κ3) is 5.54. The minimum atomic E-state index is 0.638. The van der Waals surface area contributed by atoms with Gasteiger partial charge in [0, 0.05) is 0 Å². The summed E-state index contributed by atoms with van der Waals surface area (Å²) in [5.74, 6) is 1.63. The van der Waals surface area contributed by atoms with Gasteiger partial charge in [-0.05, 0) is 56.0 Å². The molecule has 0 amide bonds. The van der Waals surface area contributed by atoms with Crippen LogP contribution in [0.25, 0.3) is 0 Å². The Morgan fingerprint density at radius 1 is 1.11 bits per heavy atom. The molecule has 18 heavy (non-hydrogen) atoms. The summed E-state index contributed by atoms with van der Waals surface area (Å²) in [5, 5.41) is 3.32. The van der Waals surface area contributed by atoms with Gasteiger partial charge in [-0.15, -0.1) is 0 Å². The van der Waals surface area contributed by atoms with Gasteiger partial charge in [0.15, 0.2) is 0 Å². The van der Waals surface area contributed by atoms with Crippen molar-refractivity contribution in [2.24, 2.45) is 0 Å². The number of ether oxygens (including phenoxy) is 1. The van der Waals surface area contributed by atoms with Gasteiger partial charge in [-0.2, -0.15) is 0 Å². The highest BCUT2D eigenvalue weighted by molar-refractivity contribution is 5.29. The largest absolute Gasteiger partial charge is 0.494 e. The highest BCUT2D eigenvalue weighted by Gasteiger charge is 2.02. The minimum Gasteiger partial charge on any atom is -0.494 e. The second-order valence-corrected chi connectivity index (χ2v) is 4.79. The number of unbranched alkanes of at least 4 members (excludes halogenated alkanes) is 1. The van der Waals surface area contributed by atoms with Crippen LogP contribution in [0.2, 0.25) is 0 Å². The van der Waals surface area contributed by atoms with Crippen molar-refractivity contribution in [3.8, 4) is 5.75 Å². The Morgan fingerprint density at radius 2 is 1.83 bits per heavy atom. The van der Waals surface area contributed by atoms with Gasteiger partial charge >= 0.3 is 0 Å². The van der Waals surface area contributed by atoms with Crippen molar-refractivity contribution in [3.63, 3.8) is 0 Å². The van der Waals surface area contributed by atoms with Gasteiger partial charge in [-0.1, -0.05) is 32.9 Å². The Kier molecular flexibility index (Phi) is 7.51. The van der Waals surface area contributed by atoms with Crippen molar-refractivity contribution >= 4 is 0 Å². The van der Waals surface area contributed by atoms with Crippen molar-refractivity contribution in [1.29, 1.82) is 0 Å². The van der Waals surface area contributed by atoms with E-state index in [2.05, 4.69) is 50.4 Å². The number of hydrogen-bond donors (Lipinski definition) is 1. The standard InChI is InChI=1S/C16H27NO/c1-4-14(3)15-8-10-16(11-9-15)18-13-7-6-12-17-5-2/h8-11,14,17H,4-7,12-13H2,1-3H3. The van der Waals surface area contributed by atoms with Crippen LogP contribution in [-0.2, 0) is 0 Å². The second-order valence-electron chi connectivity index (χ2n) is 4.79. The van der Waals surface area contributed by atoms with Crippen LogP contribution in [0.3, 0.4) is 0 Å². The van der Waals surface area contributed by atoms with Crippen LogP contribution in [0.4, 0.5) is 0 Å².